The number of benzene rings is 1. The number of aromatic nitrogens is 1. The summed E-state index contributed by atoms with van der Waals surface area (Å²) in [5, 5.41) is 13.1. The van der Waals surface area contributed by atoms with E-state index in [9.17, 15) is 0 Å². The molecule has 0 radical (unpaired) electrons. The van der Waals surface area contributed by atoms with E-state index in [1.807, 2.05) is 41.8 Å². The molecule has 3 aromatic rings. The molecule has 2 aromatic heterocycles. The number of nitrogens with zero attached hydrogens (tertiary/aromatic N) is 1. The van der Waals surface area contributed by atoms with Crippen molar-refractivity contribution in [3.05, 3.63) is 41.8 Å². The maximum Gasteiger partial charge on any atom is 0.178 e. The monoisotopic (exact) mass is 233 g/mol. The van der Waals surface area contributed by atoms with Gasteiger partial charge in [-0.15, -0.1) is 11.3 Å². The van der Waals surface area contributed by atoms with E-state index in [0.717, 1.165) is 28.7 Å². The Hall–Kier alpha value is -1.65. The Balaban J connectivity index is 0.000000457. The van der Waals surface area contributed by atoms with Crippen LogP contribution in [0.3, 0.4) is 0 Å². The molecule has 0 unspecified atom stereocenters. The third-order valence-corrected chi connectivity index (χ3v) is 3.03. The van der Waals surface area contributed by atoms with Crippen LogP contribution < -0.4 is 0 Å². The molecule has 1 aromatic carbocycles. The Morgan fingerprint density at radius 2 is 1.88 bits per heavy atom. The number of thiophene rings is 1. The minimum absolute atomic E-state index is 0.869. The van der Waals surface area contributed by atoms with Gasteiger partial charge in [-0.1, -0.05) is 35.5 Å². The van der Waals surface area contributed by atoms with E-state index in [1.54, 1.807) is 11.3 Å². The second kappa shape index (κ2) is 4.92. The second-order valence-corrected chi connectivity index (χ2v) is 3.93. The summed E-state index contributed by atoms with van der Waals surface area (Å²) in [4.78, 5) is 0. The fraction of sp³-hybridized carbons (Fsp3) is 0.0833. The molecule has 2 heterocycles. The third-order valence-electron chi connectivity index (χ3n) is 2.13. The van der Waals surface area contributed by atoms with Gasteiger partial charge in [-0.05, 0) is 11.4 Å². The Morgan fingerprint density at radius 1 is 1.12 bits per heavy atom. The van der Waals surface area contributed by atoms with Crippen LogP contribution in [0, 0.1) is 0 Å². The number of aliphatic hydroxyl groups excluding tert-OH is 1. The van der Waals surface area contributed by atoms with Crippen LogP contribution in [0.2, 0.25) is 0 Å². The summed E-state index contributed by atoms with van der Waals surface area (Å²) in [6.45, 7) is 0. The lowest BCUT2D eigenvalue weighted by Gasteiger charge is -1.92. The summed E-state index contributed by atoms with van der Waals surface area (Å²) >= 11 is 1.66. The lowest BCUT2D eigenvalue weighted by molar-refractivity contribution is 0.399. The van der Waals surface area contributed by atoms with Gasteiger partial charge in [0.2, 0.25) is 0 Å². The first-order valence-electron chi connectivity index (χ1n) is 4.78. The fourth-order valence-electron chi connectivity index (χ4n) is 1.46. The molecule has 16 heavy (non-hydrogen) atoms. The summed E-state index contributed by atoms with van der Waals surface area (Å²) in [7, 11) is 1.00. The van der Waals surface area contributed by atoms with Crippen LogP contribution in [0.5, 0.6) is 0 Å². The first-order valence-corrected chi connectivity index (χ1v) is 5.66. The summed E-state index contributed by atoms with van der Waals surface area (Å²) < 4.78 is 6.33. The van der Waals surface area contributed by atoms with Gasteiger partial charge in [-0.25, -0.2) is 0 Å². The molecule has 0 spiro atoms. The SMILES string of the molecule is CO.c1ccc(-c2noc3ccsc23)cc1. The van der Waals surface area contributed by atoms with Gasteiger partial charge >= 0.3 is 0 Å². The van der Waals surface area contributed by atoms with Crippen LogP contribution in [0.1, 0.15) is 0 Å². The highest BCUT2D eigenvalue weighted by molar-refractivity contribution is 7.17. The van der Waals surface area contributed by atoms with E-state index in [2.05, 4.69) is 5.16 Å². The lowest BCUT2D eigenvalue weighted by Crippen LogP contribution is -1.74. The van der Waals surface area contributed by atoms with E-state index >= 15 is 0 Å². The maximum absolute atomic E-state index is 7.00. The molecule has 0 saturated heterocycles. The Kier molecular flexibility index (Phi) is 3.34. The zero-order chi connectivity index (χ0) is 11.4. The van der Waals surface area contributed by atoms with Crippen LogP contribution in [0.15, 0.2) is 46.3 Å². The van der Waals surface area contributed by atoms with Gasteiger partial charge in [0.1, 0.15) is 10.4 Å². The smallest absolute Gasteiger partial charge is 0.178 e. The van der Waals surface area contributed by atoms with Gasteiger partial charge in [0.05, 0.1) is 0 Å². The predicted octanol–water partition coefficient (Wildman–Crippen LogP) is 3.16. The van der Waals surface area contributed by atoms with Crippen LogP contribution in [0.25, 0.3) is 21.5 Å². The highest BCUT2D eigenvalue weighted by atomic mass is 32.1. The second-order valence-electron chi connectivity index (χ2n) is 3.01. The zero-order valence-electron chi connectivity index (χ0n) is 8.75. The Labute approximate surface area is 96.9 Å². The molecule has 82 valence electrons. The van der Waals surface area contributed by atoms with Gasteiger partial charge in [0.25, 0.3) is 0 Å². The molecule has 0 fully saturated rings. The Morgan fingerprint density at radius 3 is 2.62 bits per heavy atom. The van der Waals surface area contributed by atoms with Crippen molar-refractivity contribution in [1.82, 2.24) is 5.16 Å². The van der Waals surface area contributed by atoms with E-state index in [1.165, 1.54) is 0 Å². The van der Waals surface area contributed by atoms with Crippen molar-refractivity contribution >= 4 is 21.6 Å². The number of aliphatic hydroxyl groups is 1. The standard InChI is InChI=1S/C11H7NOS.CH4O/c1-2-4-8(5-3-1)10-11-9(13-12-10)6-7-14-11;1-2/h1-7H;2H,1H3. The summed E-state index contributed by atoms with van der Waals surface area (Å²) in [5.74, 6) is 0. The zero-order valence-corrected chi connectivity index (χ0v) is 9.57. The molecule has 0 atom stereocenters. The molecule has 4 heteroatoms. The minimum atomic E-state index is 0.869. The topological polar surface area (TPSA) is 46.3 Å². The van der Waals surface area contributed by atoms with Crippen molar-refractivity contribution in [1.29, 1.82) is 0 Å². The molecular weight excluding hydrogens is 222 g/mol. The molecule has 0 aliphatic rings. The van der Waals surface area contributed by atoms with Crippen LogP contribution in [-0.4, -0.2) is 17.4 Å². The molecule has 0 amide bonds. The molecule has 0 bridgehead atoms. The normalized spacial score (nSPS) is 9.88. The van der Waals surface area contributed by atoms with Crippen molar-refractivity contribution in [2.75, 3.05) is 7.11 Å². The molecule has 0 aliphatic heterocycles. The molecular formula is C12H11NO2S. The Bertz CT molecular complexity index is 556. The highest BCUT2D eigenvalue weighted by Crippen LogP contribution is 2.31. The van der Waals surface area contributed by atoms with Gasteiger partial charge < -0.3 is 9.63 Å². The minimum Gasteiger partial charge on any atom is -0.400 e. The van der Waals surface area contributed by atoms with Gasteiger partial charge in [0.15, 0.2) is 5.58 Å². The van der Waals surface area contributed by atoms with Crippen LogP contribution in [0.4, 0.5) is 0 Å². The van der Waals surface area contributed by atoms with Crippen molar-refractivity contribution in [2.45, 2.75) is 0 Å². The van der Waals surface area contributed by atoms with Gasteiger partial charge in [-0.3, -0.25) is 0 Å². The average molecular weight is 233 g/mol. The molecule has 1 N–H and O–H groups in total. The third kappa shape index (κ3) is 1.85. The average Bonchev–Trinajstić information content (AvgIpc) is 2.94. The quantitative estimate of drug-likeness (QED) is 0.702. The van der Waals surface area contributed by atoms with Gasteiger partial charge in [-0.2, -0.15) is 0 Å². The summed E-state index contributed by atoms with van der Waals surface area (Å²) in [6.07, 6.45) is 0. The largest absolute Gasteiger partial charge is 0.400 e. The maximum atomic E-state index is 7.00. The van der Waals surface area contributed by atoms with E-state index in [-0.39, 0.29) is 0 Å². The fourth-order valence-corrected chi connectivity index (χ4v) is 2.27. The van der Waals surface area contributed by atoms with E-state index in [0.29, 0.717) is 0 Å². The van der Waals surface area contributed by atoms with Crippen LogP contribution in [-0.2, 0) is 0 Å². The predicted molar refractivity (Wildman–Crippen MR) is 65.5 cm³/mol. The number of rotatable bonds is 1. The van der Waals surface area contributed by atoms with Crippen molar-refractivity contribution in [3.63, 3.8) is 0 Å². The molecule has 3 rings (SSSR count). The van der Waals surface area contributed by atoms with Crippen molar-refractivity contribution in [3.8, 4) is 11.3 Å². The highest BCUT2D eigenvalue weighted by Gasteiger charge is 2.10. The van der Waals surface area contributed by atoms with Crippen molar-refractivity contribution < 1.29 is 9.63 Å². The summed E-state index contributed by atoms with van der Waals surface area (Å²) in [5.41, 5.74) is 2.91. The molecule has 0 aliphatic carbocycles. The number of hydrogen-bond acceptors (Lipinski definition) is 4. The first kappa shape index (κ1) is 10.9. The lowest BCUT2D eigenvalue weighted by atomic mass is 10.1. The van der Waals surface area contributed by atoms with Crippen molar-refractivity contribution in [2.24, 2.45) is 0 Å². The van der Waals surface area contributed by atoms with E-state index in [4.69, 9.17) is 9.63 Å². The first-order chi connectivity index (χ1) is 7.95. The van der Waals surface area contributed by atoms with Gasteiger partial charge in [0, 0.05) is 12.7 Å². The molecule has 3 nitrogen and oxygen atoms in total. The van der Waals surface area contributed by atoms with Crippen LogP contribution >= 0.6 is 11.3 Å². The van der Waals surface area contributed by atoms with E-state index < -0.39 is 0 Å². The summed E-state index contributed by atoms with van der Waals surface area (Å²) in [6, 6.07) is 12.0. The number of hydrogen-bond donors (Lipinski definition) is 1. The molecule has 0 saturated carbocycles. The number of fused-ring (bicyclic) bond motifs is 1.